The van der Waals surface area contributed by atoms with Gasteiger partial charge in [0.15, 0.2) is 0 Å². The van der Waals surface area contributed by atoms with Crippen molar-refractivity contribution in [2.24, 2.45) is 14.1 Å². The molecule has 0 amide bonds. The highest BCUT2D eigenvalue weighted by Gasteiger charge is 2.07. The fourth-order valence-corrected chi connectivity index (χ4v) is 2.00. The molecule has 0 unspecified atom stereocenters. The van der Waals surface area contributed by atoms with Crippen molar-refractivity contribution in [1.82, 2.24) is 14.3 Å². The molecule has 0 aliphatic carbocycles. The molecule has 1 N–H and O–H groups in total. The van der Waals surface area contributed by atoms with Gasteiger partial charge in [-0.1, -0.05) is 29.8 Å². The van der Waals surface area contributed by atoms with E-state index < -0.39 is 11.2 Å². The monoisotopic (exact) mass is 274 g/mol. The highest BCUT2D eigenvalue weighted by molar-refractivity contribution is 5.30. The van der Waals surface area contributed by atoms with E-state index in [2.05, 4.69) is 16.5 Å². The molecule has 0 saturated carbocycles. The van der Waals surface area contributed by atoms with Crippen molar-refractivity contribution >= 4 is 5.82 Å². The largest absolute Gasteiger partial charge is 0.364 e. The van der Waals surface area contributed by atoms with Crippen LogP contribution in [-0.4, -0.2) is 20.9 Å². The van der Waals surface area contributed by atoms with E-state index in [1.165, 1.54) is 25.2 Å². The number of rotatable bonds is 4. The maximum atomic E-state index is 11.9. The third kappa shape index (κ3) is 2.96. The van der Waals surface area contributed by atoms with Gasteiger partial charge in [0.2, 0.25) is 5.82 Å². The molecule has 1 aromatic heterocycles. The van der Waals surface area contributed by atoms with E-state index in [4.69, 9.17) is 0 Å². The van der Waals surface area contributed by atoms with Gasteiger partial charge in [-0.25, -0.2) is 9.48 Å². The van der Waals surface area contributed by atoms with Gasteiger partial charge >= 0.3 is 5.69 Å². The fourth-order valence-electron chi connectivity index (χ4n) is 2.00. The number of benzene rings is 1. The summed E-state index contributed by atoms with van der Waals surface area (Å²) in [6.07, 6.45) is 0.787. The lowest BCUT2D eigenvalue weighted by atomic mass is 10.1. The van der Waals surface area contributed by atoms with Crippen LogP contribution in [0.2, 0.25) is 0 Å². The Bertz CT molecular complexity index is 731. The van der Waals surface area contributed by atoms with Crippen LogP contribution >= 0.6 is 0 Å². The summed E-state index contributed by atoms with van der Waals surface area (Å²) in [5.41, 5.74) is 1.56. The van der Waals surface area contributed by atoms with Crippen LogP contribution in [0, 0.1) is 6.92 Å². The van der Waals surface area contributed by atoms with Crippen LogP contribution in [0.1, 0.15) is 11.1 Å². The third-order valence-electron chi connectivity index (χ3n) is 3.11. The second kappa shape index (κ2) is 5.73. The lowest BCUT2D eigenvalue weighted by molar-refractivity contribution is 0.604. The van der Waals surface area contributed by atoms with Gasteiger partial charge in [-0.3, -0.25) is 9.36 Å². The predicted octanol–water partition coefficient (Wildman–Crippen LogP) is 0.442. The van der Waals surface area contributed by atoms with E-state index in [1.807, 2.05) is 25.1 Å². The Balaban J connectivity index is 2.09. The minimum absolute atomic E-state index is 0.197. The molecule has 0 atom stereocenters. The summed E-state index contributed by atoms with van der Waals surface area (Å²) in [4.78, 5) is 23.4. The summed E-state index contributed by atoms with van der Waals surface area (Å²) in [6, 6.07) is 8.20. The number of anilines is 1. The summed E-state index contributed by atoms with van der Waals surface area (Å²) in [5.74, 6) is 0.197. The molecule has 6 heteroatoms. The normalized spacial score (nSPS) is 10.6. The number of hydrogen-bond donors (Lipinski definition) is 1. The zero-order valence-electron chi connectivity index (χ0n) is 11.9. The van der Waals surface area contributed by atoms with Crippen molar-refractivity contribution < 1.29 is 0 Å². The van der Waals surface area contributed by atoms with Crippen LogP contribution in [0.25, 0.3) is 0 Å². The van der Waals surface area contributed by atoms with Crippen molar-refractivity contribution in [1.29, 1.82) is 0 Å². The number of nitrogens with one attached hydrogen (secondary N) is 1. The molecule has 0 fully saturated rings. The number of aromatic nitrogens is 3. The quantitative estimate of drug-likeness (QED) is 0.878. The molecule has 20 heavy (non-hydrogen) atoms. The molecule has 2 rings (SSSR count). The van der Waals surface area contributed by atoms with E-state index >= 15 is 0 Å². The van der Waals surface area contributed by atoms with Crippen molar-refractivity contribution in [3.63, 3.8) is 0 Å². The van der Waals surface area contributed by atoms with E-state index in [9.17, 15) is 9.59 Å². The topological polar surface area (TPSA) is 68.9 Å². The van der Waals surface area contributed by atoms with Gasteiger partial charge in [0, 0.05) is 20.6 Å². The molecular weight excluding hydrogens is 256 g/mol. The van der Waals surface area contributed by atoms with Gasteiger partial charge in [0.1, 0.15) is 0 Å². The first-order valence-corrected chi connectivity index (χ1v) is 6.43. The first kappa shape index (κ1) is 14.0. The average molecular weight is 274 g/mol. The molecule has 1 heterocycles. The average Bonchev–Trinajstić information content (AvgIpc) is 2.42. The van der Waals surface area contributed by atoms with Crippen LogP contribution in [-0.2, 0) is 20.5 Å². The second-order valence-electron chi connectivity index (χ2n) is 4.78. The van der Waals surface area contributed by atoms with Gasteiger partial charge in [0.05, 0.1) is 0 Å². The van der Waals surface area contributed by atoms with E-state index in [1.54, 1.807) is 0 Å². The maximum Gasteiger partial charge on any atom is 0.346 e. The van der Waals surface area contributed by atoms with Gasteiger partial charge in [-0.05, 0) is 18.9 Å². The van der Waals surface area contributed by atoms with Gasteiger partial charge < -0.3 is 5.32 Å². The van der Waals surface area contributed by atoms with Crippen LogP contribution in [0.3, 0.4) is 0 Å². The van der Waals surface area contributed by atoms with Crippen LogP contribution in [0.5, 0.6) is 0 Å². The molecule has 0 aliphatic rings. The molecule has 0 saturated heterocycles. The summed E-state index contributed by atoms with van der Waals surface area (Å²) in [7, 11) is 2.96. The Morgan fingerprint density at radius 1 is 1.25 bits per heavy atom. The van der Waals surface area contributed by atoms with E-state index in [-0.39, 0.29) is 5.82 Å². The number of nitrogens with zero attached hydrogens (tertiary/aromatic N) is 3. The summed E-state index contributed by atoms with van der Waals surface area (Å²) >= 11 is 0. The van der Waals surface area contributed by atoms with E-state index in [0.717, 1.165) is 15.7 Å². The molecule has 0 bridgehead atoms. The molecule has 0 aliphatic heterocycles. The first-order valence-electron chi connectivity index (χ1n) is 6.43. The summed E-state index contributed by atoms with van der Waals surface area (Å²) in [5, 5.41) is 6.93. The van der Waals surface area contributed by atoms with Crippen LogP contribution < -0.4 is 16.6 Å². The van der Waals surface area contributed by atoms with Gasteiger partial charge in [0.25, 0.3) is 5.56 Å². The van der Waals surface area contributed by atoms with Gasteiger partial charge in [-0.15, -0.1) is 5.10 Å². The number of aryl methyl sites for hydroxylation is 2. The van der Waals surface area contributed by atoms with Gasteiger partial charge in [-0.2, -0.15) is 0 Å². The van der Waals surface area contributed by atoms with Crippen molar-refractivity contribution in [3.05, 3.63) is 56.2 Å². The predicted molar refractivity (Wildman–Crippen MR) is 78.1 cm³/mol. The molecule has 1 aromatic carbocycles. The highest BCUT2D eigenvalue weighted by atomic mass is 16.2. The molecule has 106 valence electrons. The SMILES string of the molecule is Cc1cccc(CCNc2nn(C)c(=O)n(C)c2=O)c1. The Morgan fingerprint density at radius 3 is 2.70 bits per heavy atom. The highest BCUT2D eigenvalue weighted by Crippen LogP contribution is 2.04. The van der Waals surface area contributed by atoms with Crippen LogP contribution in [0.15, 0.2) is 33.9 Å². The zero-order valence-corrected chi connectivity index (χ0v) is 11.9. The van der Waals surface area contributed by atoms with E-state index in [0.29, 0.717) is 6.54 Å². The summed E-state index contributed by atoms with van der Waals surface area (Å²) in [6.45, 7) is 2.63. The van der Waals surface area contributed by atoms with Crippen molar-refractivity contribution in [2.75, 3.05) is 11.9 Å². The Hall–Kier alpha value is -2.37. The molecule has 0 radical (unpaired) electrons. The maximum absolute atomic E-state index is 11.9. The van der Waals surface area contributed by atoms with Crippen LogP contribution in [0.4, 0.5) is 5.82 Å². The second-order valence-corrected chi connectivity index (χ2v) is 4.78. The van der Waals surface area contributed by atoms with Crippen molar-refractivity contribution in [3.8, 4) is 0 Å². The van der Waals surface area contributed by atoms with Crippen molar-refractivity contribution in [2.45, 2.75) is 13.3 Å². The lowest BCUT2D eigenvalue weighted by Crippen LogP contribution is -2.40. The Morgan fingerprint density at radius 2 is 2.00 bits per heavy atom. The number of hydrogen-bond acceptors (Lipinski definition) is 4. The third-order valence-corrected chi connectivity index (χ3v) is 3.11. The Kier molecular flexibility index (Phi) is 4.02. The zero-order chi connectivity index (χ0) is 14.7. The standard InChI is InChI=1S/C14H18N4O2/c1-10-5-4-6-11(9-10)7-8-15-12-13(19)17(2)14(20)18(3)16-12/h4-6,9H,7-8H2,1-3H3,(H,15,16). The smallest absolute Gasteiger partial charge is 0.346 e. The molecule has 2 aromatic rings. The molecular formula is C14H18N4O2. The fraction of sp³-hybridized carbons (Fsp3) is 0.357. The first-order chi connectivity index (χ1) is 9.49. The summed E-state index contributed by atoms with van der Waals surface area (Å²) < 4.78 is 2.19. The minimum Gasteiger partial charge on any atom is -0.364 e. The molecule has 6 nitrogen and oxygen atoms in total. The minimum atomic E-state index is -0.431. The lowest BCUT2D eigenvalue weighted by Gasteiger charge is -2.08. The Labute approximate surface area is 116 Å². The molecule has 0 spiro atoms.